The first-order valence-corrected chi connectivity index (χ1v) is 5.45. The number of phenolic OH excluding ortho intramolecular Hbond substituents is 1. The van der Waals surface area contributed by atoms with Gasteiger partial charge >= 0.3 is 0 Å². The topological polar surface area (TPSA) is 75.4 Å². The van der Waals surface area contributed by atoms with Crippen LogP contribution in [0.15, 0.2) is 12.1 Å². The summed E-state index contributed by atoms with van der Waals surface area (Å²) >= 11 is 11.4. The Morgan fingerprint density at radius 2 is 1.94 bits per heavy atom. The Labute approximate surface area is 115 Å². The molecule has 1 amide bonds. The highest BCUT2D eigenvalue weighted by atomic mass is 35.5. The number of carbonyl (C=O) groups excluding carboxylic acids is 1. The van der Waals surface area contributed by atoms with E-state index in [0.717, 1.165) is 0 Å². The lowest BCUT2D eigenvalue weighted by atomic mass is 10.2. The minimum Gasteiger partial charge on any atom is -0.505 e. The van der Waals surface area contributed by atoms with E-state index in [1.54, 1.807) is 6.92 Å². The molecular weight excluding hydrogens is 286 g/mol. The van der Waals surface area contributed by atoms with Crippen LogP contribution in [0.25, 0.3) is 0 Å². The van der Waals surface area contributed by atoms with E-state index in [0.29, 0.717) is 12.1 Å². The first-order valence-electron chi connectivity index (χ1n) is 4.70. The molecule has 0 aliphatic rings. The molecular formula is C10H13Cl3N2O2. The molecule has 0 heterocycles. The van der Waals surface area contributed by atoms with Crippen LogP contribution in [0.2, 0.25) is 10.0 Å². The number of anilines is 1. The van der Waals surface area contributed by atoms with Gasteiger partial charge in [-0.05, 0) is 18.6 Å². The zero-order valence-electron chi connectivity index (χ0n) is 9.04. The maximum absolute atomic E-state index is 11.5. The van der Waals surface area contributed by atoms with Gasteiger partial charge in [0.15, 0.2) is 5.75 Å². The van der Waals surface area contributed by atoms with E-state index < -0.39 is 6.04 Å². The van der Waals surface area contributed by atoms with Gasteiger partial charge in [0.1, 0.15) is 0 Å². The van der Waals surface area contributed by atoms with Crippen LogP contribution in [0.5, 0.6) is 5.75 Å². The molecule has 0 fully saturated rings. The van der Waals surface area contributed by atoms with E-state index in [1.807, 2.05) is 0 Å². The number of amides is 1. The molecule has 0 radical (unpaired) electrons. The van der Waals surface area contributed by atoms with Crippen molar-refractivity contribution in [1.82, 2.24) is 0 Å². The number of nitrogens with one attached hydrogen (secondary N) is 1. The molecule has 1 aromatic rings. The number of rotatable bonds is 3. The second-order valence-corrected chi connectivity index (χ2v) is 4.11. The molecule has 0 saturated carbocycles. The lowest BCUT2D eigenvalue weighted by Crippen LogP contribution is -2.34. The Balaban J connectivity index is 0.00000256. The van der Waals surface area contributed by atoms with Gasteiger partial charge in [0.2, 0.25) is 5.91 Å². The zero-order valence-corrected chi connectivity index (χ0v) is 11.4. The summed E-state index contributed by atoms with van der Waals surface area (Å²) in [6.07, 6.45) is 0.533. The van der Waals surface area contributed by atoms with E-state index in [4.69, 9.17) is 28.9 Å². The Hall–Kier alpha value is -0.680. The molecule has 0 aliphatic carbocycles. The van der Waals surface area contributed by atoms with Crippen LogP contribution in [0.1, 0.15) is 13.3 Å². The predicted molar refractivity (Wildman–Crippen MR) is 72.3 cm³/mol. The van der Waals surface area contributed by atoms with Gasteiger partial charge in [-0.15, -0.1) is 12.4 Å². The fourth-order valence-electron chi connectivity index (χ4n) is 1.06. The second-order valence-electron chi connectivity index (χ2n) is 3.29. The van der Waals surface area contributed by atoms with Crippen molar-refractivity contribution in [2.24, 2.45) is 5.73 Å². The van der Waals surface area contributed by atoms with Crippen LogP contribution in [-0.4, -0.2) is 17.1 Å². The van der Waals surface area contributed by atoms with E-state index in [-0.39, 0.29) is 34.1 Å². The highest BCUT2D eigenvalue weighted by Crippen LogP contribution is 2.34. The van der Waals surface area contributed by atoms with Crippen molar-refractivity contribution in [2.75, 3.05) is 5.32 Å². The number of phenols is 1. The van der Waals surface area contributed by atoms with E-state index in [2.05, 4.69) is 5.32 Å². The van der Waals surface area contributed by atoms with E-state index >= 15 is 0 Å². The normalized spacial score (nSPS) is 11.5. The molecule has 96 valence electrons. The van der Waals surface area contributed by atoms with Crippen LogP contribution in [-0.2, 0) is 4.79 Å². The van der Waals surface area contributed by atoms with Crippen LogP contribution >= 0.6 is 35.6 Å². The molecule has 0 aliphatic heterocycles. The van der Waals surface area contributed by atoms with Gasteiger partial charge in [-0.25, -0.2) is 0 Å². The standard InChI is InChI=1S/C10H12Cl2N2O2.ClH/c1-2-8(13)10(16)14-5-3-6(11)9(15)7(12)4-5;/h3-4,8,15H,2,13H2,1H3,(H,14,16);1H/t8-;/m0./s1. The Kier molecular flexibility index (Phi) is 6.64. The summed E-state index contributed by atoms with van der Waals surface area (Å²) < 4.78 is 0. The maximum atomic E-state index is 11.5. The maximum Gasteiger partial charge on any atom is 0.241 e. The van der Waals surface area contributed by atoms with Crippen molar-refractivity contribution in [3.63, 3.8) is 0 Å². The number of carbonyl (C=O) groups is 1. The number of nitrogens with two attached hydrogens (primary N) is 1. The van der Waals surface area contributed by atoms with Crippen molar-refractivity contribution >= 4 is 47.2 Å². The molecule has 0 aromatic heterocycles. The molecule has 0 unspecified atom stereocenters. The first-order chi connectivity index (χ1) is 7.45. The average Bonchev–Trinajstić information content (AvgIpc) is 2.24. The van der Waals surface area contributed by atoms with Crippen molar-refractivity contribution in [2.45, 2.75) is 19.4 Å². The summed E-state index contributed by atoms with van der Waals surface area (Å²) in [5, 5.41) is 12.0. The number of aromatic hydroxyl groups is 1. The first kappa shape index (κ1) is 16.3. The smallest absolute Gasteiger partial charge is 0.241 e. The molecule has 0 saturated heterocycles. The summed E-state index contributed by atoms with van der Waals surface area (Å²) in [6, 6.07) is 2.23. The fraction of sp³-hybridized carbons (Fsp3) is 0.300. The average molecular weight is 300 g/mol. The third-order valence-electron chi connectivity index (χ3n) is 2.06. The van der Waals surface area contributed by atoms with Crippen LogP contribution in [0.3, 0.4) is 0 Å². The monoisotopic (exact) mass is 298 g/mol. The van der Waals surface area contributed by atoms with Crippen molar-refractivity contribution < 1.29 is 9.90 Å². The second kappa shape index (κ2) is 6.91. The summed E-state index contributed by atoms with van der Waals surface area (Å²) in [7, 11) is 0. The highest BCUT2D eigenvalue weighted by molar-refractivity contribution is 6.37. The largest absolute Gasteiger partial charge is 0.505 e. The minimum atomic E-state index is -0.577. The number of benzene rings is 1. The lowest BCUT2D eigenvalue weighted by Gasteiger charge is -2.11. The Bertz CT molecular complexity index is 390. The number of halogens is 3. The highest BCUT2D eigenvalue weighted by Gasteiger charge is 2.13. The molecule has 1 atom stereocenters. The Morgan fingerprint density at radius 1 is 1.47 bits per heavy atom. The third-order valence-corrected chi connectivity index (χ3v) is 2.64. The molecule has 4 nitrogen and oxygen atoms in total. The lowest BCUT2D eigenvalue weighted by molar-refractivity contribution is -0.117. The number of hydrogen-bond acceptors (Lipinski definition) is 3. The summed E-state index contributed by atoms with van der Waals surface area (Å²) in [5.41, 5.74) is 5.95. The molecule has 1 aromatic carbocycles. The van der Waals surface area contributed by atoms with Crippen LogP contribution in [0.4, 0.5) is 5.69 Å². The third kappa shape index (κ3) is 4.24. The van der Waals surface area contributed by atoms with Crippen molar-refractivity contribution in [3.05, 3.63) is 22.2 Å². The predicted octanol–water partition coefficient (Wildman–Crippen LogP) is 2.80. The molecule has 17 heavy (non-hydrogen) atoms. The molecule has 0 bridgehead atoms. The number of hydrogen-bond donors (Lipinski definition) is 3. The van der Waals surface area contributed by atoms with Crippen molar-refractivity contribution in [3.8, 4) is 5.75 Å². The fourth-order valence-corrected chi connectivity index (χ4v) is 1.55. The van der Waals surface area contributed by atoms with Gasteiger partial charge in [0.05, 0.1) is 16.1 Å². The molecule has 7 heteroatoms. The summed E-state index contributed by atoms with van der Waals surface area (Å²) in [5.74, 6) is -0.526. The van der Waals surface area contributed by atoms with Gasteiger partial charge in [0.25, 0.3) is 0 Å². The van der Waals surface area contributed by atoms with Gasteiger partial charge < -0.3 is 16.2 Å². The van der Waals surface area contributed by atoms with E-state index in [9.17, 15) is 9.90 Å². The quantitative estimate of drug-likeness (QED) is 0.751. The molecule has 0 spiro atoms. The van der Waals surface area contributed by atoms with Gasteiger partial charge in [-0.1, -0.05) is 30.1 Å². The van der Waals surface area contributed by atoms with Gasteiger partial charge in [-0.3, -0.25) is 4.79 Å². The van der Waals surface area contributed by atoms with Crippen LogP contribution in [0, 0.1) is 0 Å². The SMILES string of the molecule is CC[C@H](N)C(=O)Nc1cc(Cl)c(O)c(Cl)c1.Cl. The Morgan fingerprint density at radius 3 is 2.35 bits per heavy atom. The molecule has 4 N–H and O–H groups in total. The minimum absolute atomic E-state index is 0. The summed E-state index contributed by atoms with van der Waals surface area (Å²) in [4.78, 5) is 11.5. The van der Waals surface area contributed by atoms with Gasteiger partial charge in [-0.2, -0.15) is 0 Å². The van der Waals surface area contributed by atoms with E-state index in [1.165, 1.54) is 12.1 Å². The van der Waals surface area contributed by atoms with Gasteiger partial charge in [0, 0.05) is 5.69 Å². The molecule has 1 rings (SSSR count). The van der Waals surface area contributed by atoms with Crippen LogP contribution < -0.4 is 11.1 Å². The van der Waals surface area contributed by atoms with Crippen molar-refractivity contribution in [1.29, 1.82) is 0 Å². The summed E-state index contributed by atoms with van der Waals surface area (Å²) in [6.45, 7) is 1.81. The zero-order chi connectivity index (χ0) is 12.3.